The Morgan fingerprint density at radius 1 is 1.38 bits per heavy atom. The molecule has 1 aromatic carbocycles. The first-order valence-corrected chi connectivity index (χ1v) is 4.36. The molecule has 16 heavy (non-hydrogen) atoms. The van der Waals surface area contributed by atoms with Crippen molar-refractivity contribution in [3.05, 3.63) is 30.0 Å². The van der Waals surface area contributed by atoms with Crippen molar-refractivity contribution in [1.29, 1.82) is 0 Å². The van der Waals surface area contributed by atoms with Crippen molar-refractivity contribution in [2.75, 3.05) is 12.8 Å². The summed E-state index contributed by atoms with van der Waals surface area (Å²) in [5.41, 5.74) is 5.41. The Kier molecular flexibility index (Phi) is 2.47. The molecule has 1 heterocycles. The maximum Gasteiger partial charge on any atom is 0.292 e. The van der Waals surface area contributed by atoms with Crippen molar-refractivity contribution >= 4 is 6.01 Å². The van der Waals surface area contributed by atoms with Gasteiger partial charge in [0.1, 0.15) is 5.82 Å². The molecule has 1 aromatic heterocycles. The fourth-order valence-corrected chi connectivity index (χ4v) is 1.36. The molecule has 0 radical (unpaired) electrons. The summed E-state index contributed by atoms with van der Waals surface area (Å²) in [6.45, 7) is 0. The highest BCUT2D eigenvalue weighted by atomic mass is 19.1. The van der Waals surface area contributed by atoms with E-state index in [0.717, 1.165) is 12.1 Å². The van der Waals surface area contributed by atoms with Gasteiger partial charge < -0.3 is 14.9 Å². The van der Waals surface area contributed by atoms with Crippen LogP contribution in [-0.2, 0) is 0 Å². The number of hydrogen-bond acceptors (Lipinski definition) is 4. The fraction of sp³-hybridized carbons (Fsp3) is 0.100. The number of rotatable bonds is 2. The number of ether oxygens (including phenoxy) is 1. The largest absolute Gasteiger partial charge is 0.493 e. The Morgan fingerprint density at radius 2 is 2.12 bits per heavy atom. The van der Waals surface area contributed by atoms with E-state index in [-0.39, 0.29) is 23.1 Å². The van der Waals surface area contributed by atoms with Crippen molar-refractivity contribution in [2.24, 2.45) is 0 Å². The Bertz CT molecular complexity index is 526. The minimum atomic E-state index is -0.813. The van der Waals surface area contributed by atoms with Crippen molar-refractivity contribution in [2.45, 2.75) is 0 Å². The fourth-order valence-electron chi connectivity index (χ4n) is 1.36. The van der Waals surface area contributed by atoms with Gasteiger partial charge in [0.15, 0.2) is 17.3 Å². The topological polar surface area (TPSA) is 61.3 Å². The van der Waals surface area contributed by atoms with E-state index in [9.17, 15) is 8.78 Å². The van der Waals surface area contributed by atoms with E-state index in [0.29, 0.717) is 0 Å². The lowest BCUT2D eigenvalue weighted by Crippen LogP contribution is -1.93. The van der Waals surface area contributed by atoms with Gasteiger partial charge in [0.2, 0.25) is 0 Å². The lowest BCUT2D eigenvalue weighted by molar-refractivity contribution is 0.384. The molecule has 4 nitrogen and oxygen atoms in total. The third-order valence-corrected chi connectivity index (χ3v) is 2.00. The van der Waals surface area contributed by atoms with Crippen LogP contribution in [0.1, 0.15) is 0 Å². The van der Waals surface area contributed by atoms with Crippen LogP contribution in [-0.4, -0.2) is 12.1 Å². The molecule has 0 unspecified atom stereocenters. The van der Waals surface area contributed by atoms with Crippen molar-refractivity contribution in [1.82, 2.24) is 4.98 Å². The first-order chi connectivity index (χ1) is 7.61. The Morgan fingerprint density at radius 3 is 2.69 bits per heavy atom. The highest BCUT2D eigenvalue weighted by Gasteiger charge is 2.16. The molecule has 0 aliphatic rings. The maximum atomic E-state index is 13.3. The van der Waals surface area contributed by atoms with E-state index in [2.05, 4.69) is 4.98 Å². The number of anilines is 1. The molecule has 0 bridgehead atoms. The van der Waals surface area contributed by atoms with Gasteiger partial charge in [0.05, 0.1) is 18.9 Å². The summed E-state index contributed by atoms with van der Waals surface area (Å²) in [5.74, 6) is -1.51. The molecular weight excluding hydrogens is 218 g/mol. The number of nitrogens with zero attached hydrogens (tertiary/aromatic N) is 1. The van der Waals surface area contributed by atoms with Gasteiger partial charge in [-0.1, -0.05) is 0 Å². The van der Waals surface area contributed by atoms with Crippen LogP contribution in [0.25, 0.3) is 11.3 Å². The van der Waals surface area contributed by atoms with Crippen LogP contribution >= 0.6 is 0 Å². The minimum absolute atomic E-state index is 0.0817. The van der Waals surface area contributed by atoms with E-state index in [1.165, 1.54) is 13.3 Å². The number of aromatic nitrogens is 1. The second-order valence-electron chi connectivity index (χ2n) is 3.03. The molecule has 0 aliphatic heterocycles. The zero-order valence-corrected chi connectivity index (χ0v) is 8.33. The number of halogens is 2. The Hall–Kier alpha value is -2.11. The van der Waals surface area contributed by atoms with Crippen molar-refractivity contribution in [3.8, 4) is 17.1 Å². The average molecular weight is 226 g/mol. The average Bonchev–Trinajstić information content (AvgIpc) is 2.63. The number of methoxy groups -OCH3 is 1. The van der Waals surface area contributed by atoms with E-state index >= 15 is 0 Å². The van der Waals surface area contributed by atoms with Crippen molar-refractivity contribution < 1.29 is 17.9 Å². The van der Waals surface area contributed by atoms with Gasteiger partial charge in [0.25, 0.3) is 6.01 Å². The van der Waals surface area contributed by atoms with Crippen LogP contribution < -0.4 is 10.5 Å². The molecule has 0 saturated heterocycles. The summed E-state index contributed by atoms with van der Waals surface area (Å²) < 4.78 is 36.2. The second-order valence-corrected chi connectivity index (χ2v) is 3.03. The van der Waals surface area contributed by atoms with Crippen LogP contribution in [0.3, 0.4) is 0 Å². The third kappa shape index (κ3) is 1.69. The maximum absolute atomic E-state index is 13.3. The van der Waals surface area contributed by atoms with Gasteiger partial charge in [-0.05, 0) is 6.07 Å². The number of nitrogens with two attached hydrogens (primary N) is 1. The standard InChI is InChI=1S/C10H8F2N2O2/c1-15-9-6(2-5(11)3-7(9)12)8-4-14-10(13)16-8/h2-4H,1H3,(H2,13,14). The van der Waals surface area contributed by atoms with Crippen LogP contribution in [0.4, 0.5) is 14.8 Å². The molecule has 0 fully saturated rings. The van der Waals surface area contributed by atoms with Gasteiger partial charge in [-0.3, -0.25) is 0 Å². The summed E-state index contributed by atoms with van der Waals surface area (Å²) in [7, 11) is 1.28. The molecule has 0 saturated carbocycles. The zero-order valence-electron chi connectivity index (χ0n) is 8.33. The van der Waals surface area contributed by atoms with Gasteiger partial charge in [-0.25, -0.2) is 13.8 Å². The number of nitrogen functional groups attached to an aromatic ring is 1. The summed E-state index contributed by atoms with van der Waals surface area (Å²) in [5, 5.41) is 0. The third-order valence-electron chi connectivity index (χ3n) is 2.00. The normalized spacial score (nSPS) is 10.4. The Labute approximate surface area is 89.7 Å². The van der Waals surface area contributed by atoms with Crippen LogP contribution in [0.15, 0.2) is 22.7 Å². The lowest BCUT2D eigenvalue weighted by Gasteiger charge is -2.06. The molecule has 84 valence electrons. The SMILES string of the molecule is COc1c(F)cc(F)cc1-c1cnc(N)o1. The predicted molar refractivity (Wildman–Crippen MR) is 52.8 cm³/mol. The molecule has 0 atom stereocenters. The van der Waals surface area contributed by atoms with E-state index in [1.807, 2.05) is 0 Å². The monoisotopic (exact) mass is 226 g/mol. The van der Waals surface area contributed by atoms with E-state index < -0.39 is 11.6 Å². The smallest absolute Gasteiger partial charge is 0.292 e. The first-order valence-electron chi connectivity index (χ1n) is 4.36. The summed E-state index contributed by atoms with van der Waals surface area (Å²) in [6, 6.07) is 1.73. The van der Waals surface area contributed by atoms with Crippen LogP contribution in [0.2, 0.25) is 0 Å². The summed E-state index contributed by atoms with van der Waals surface area (Å²) >= 11 is 0. The molecule has 0 spiro atoms. The van der Waals surface area contributed by atoms with Crippen LogP contribution in [0.5, 0.6) is 5.75 Å². The molecule has 6 heteroatoms. The highest BCUT2D eigenvalue weighted by molar-refractivity contribution is 5.66. The van der Waals surface area contributed by atoms with E-state index in [4.69, 9.17) is 14.9 Å². The number of benzene rings is 1. The van der Waals surface area contributed by atoms with Gasteiger partial charge in [-0.2, -0.15) is 0 Å². The molecule has 2 rings (SSSR count). The number of oxazole rings is 1. The van der Waals surface area contributed by atoms with Crippen LogP contribution in [0, 0.1) is 11.6 Å². The Balaban J connectivity index is 2.63. The second kappa shape index (κ2) is 3.80. The summed E-state index contributed by atoms with van der Waals surface area (Å²) in [4.78, 5) is 3.64. The first kappa shape index (κ1) is 10.4. The summed E-state index contributed by atoms with van der Waals surface area (Å²) in [6.07, 6.45) is 1.27. The molecular formula is C10H8F2N2O2. The molecule has 2 N–H and O–H groups in total. The van der Waals surface area contributed by atoms with Crippen molar-refractivity contribution in [3.63, 3.8) is 0 Å². The molecule has 0 aliphatic carbocycles. The predicted octanol–water partition coefficient (Wildman–Crippen LogP) is 2.21. The molecule has 0 amide bonds. The lowest BCUT2D eigenvalue weighted by atomic mass is 10.1. The van der Waals surface area contributed by atoms with Gasteiger partial charge >= 0.3 is 0 Å². The van der Waals surface area contributed by atoms with Gasteiger partial charge in [-0.15, -0.1) is 0 Å². The van der Waals surface area contributed by atoms with E-state index in [1.54, 1.807) is 0 Å². The minimum Gasteiger partial charge on any atom is -0.493 e. The highest BCUT2D eigenvalue weighted by Crippen LogP contribution is 2.33. The van der Waals surface area contributed by atoms with Gasteiger partial charge in [0, 0.05) is 6.07 Å². The molecule has 2 aromatic rings. The quantitative estimate of drug-likeness (QED) is 0.852. The number of hydrogen-bond donors (Lipinski definition) is 1. The zero-order chi connectivity index (χ0) is 11.7.